The standard InChI is InChI=1S/C7H6N2O/c1-5-2-3-9-6(4-8)7(5)10/h2-3,10H,1H3. The van der Waals surface area contributed by atoms with Crippen molar-refractivity contribution in [2.75, 3.05) is 0 Å². The molecule has 0 fully saturated rings. The van der Waals surface area contributed by atoms with Gasteiger partial charge >= 0.3 is 0 Å². The summed E-state index contributed by atoms with van der Waals surface area (Å²) in [6.07, 6.45) is 1.49. The number of nitriles is 1. The van der Waals surface area contributed by atoms with Gasteiger partial charge in [0.1, 0.15) is 6.07 Å². The van der Waals surface area contributed by atoms with Gasteiger partial charge in [0.25, 0.3) is 0 Å². The highest BCUT2D eigenvalue weighted by Crippen LogP contribution is 2.17. The summed E-state index contributed by atoms with van der Waals surface area (Å²) < 4.78 is 0. The predicted molar refractivity (Wildman–Crippen MR) is 35.4 cm³/mol. The Morgan fingerprint density at radius 1 is 1.70 bits per heavy atom. The zero-order valence-corrected chi connectivity index (χ0v) is 5.50. The second-order valence-corrected chi connectivity index (χ2v) is 1.94. The number of aromatic hydroxyl groups is 1. The van der Waals surface area contributed by atoms with Gasteiger partial charge in [0.05, 0.1) is 0 Å². The zero-order chi connectivity index (χ0) is 7.56. The summed E-state index contributed by atoms with van der Waals surface area (Å²) >= 11 is 0. The minimum Gasteiger partial charge on any atom is -0.505 e. The monoisotopic (exact) mass is 134 g/mol. The van der Waals surface area contributed by atoms with E-state index in [0.717, 1.165) is 0 Å². The molecule has 0 amide bonds. The highest BCUT2D eigenvalue weighted by molar-refractivity contribution is 5.41. The molecule has 1 aromatic heterocycles. The molecule has 0 bridgehead atoms. The molecule has 1 aromatic rings. The van der Waals surface area contributed by atoms with Gasteiger partial charge in [-0.15, -0.1) is 0 Å². The Balaban J connectivity index is 3.31. The maximum atomic E-state index is 9.11. The van der Waals surface area contributed by atoms with Crippen LogP contribution in [-0.4, -0.2) is 10.1 Å². The molecule has 0 unspecified atom stereocenters. The molecule has 10 heavy (non-hydrogen) atoms. The minimum atomic E-state index is -0.0231. The lowest BCUT2D eigenvalue weighted by atomic mass is 10.2. The summed E-state index contributed by atoms with van der Waals surface area (Å²) in [7, 11) is 0. The third kappa shape index (κ3) is 0.914. The molecular weight excluding hydrogens is 128 g/mol. The predicted octanol–water partition coefficient (Wildman–Crippen LogP) is 0.967. The Bertz CT molecular complexity index is 288. The number of aromatic nitrogens is 1. The molecule has 1 rings (SSSR count). The van der Waals surface area contributed by atoms with Gasteiger partial charge in [-0.1, -0.05) is 0 Å². The Morgan fingerprint density at radius 3 is 2.90 bits per heavy atom. The number of hydrogen-bond donors (Lipinski definition) is 1. The minimum absolute atomic E-state index is 0.0231. The van der Waals surface area contributed by atoms with Crippen LogP contribution in [0.15, 0.2) is 12.3 Å². The molecule has 3 heteroatoms. The molecule has 0 aliphatic carbocycles. The van der Waals surface area contributed by atoms with Crippen molar-refractivity contribution >= 4 is 0 Å². The first-order valence-electron chi connectivity index (χ1n) is 2.80. The molecule has 0 spiro atoms. The van der Waals surface area contributed by atoms with E-state index in [1.165, 1.54) is 6.20 Å². The lowest BCUT2D eigenvalue weighted by Crippen LogP contribution is -1.84. The molecule has 50 valence electrons. The van der Waals surface area contributed by atoms with Gasteiger partial charge in [-0.25, -0.2) is 4.98 Å². The average Bonchev–Trinajstić information content (AvgIpc) is 1.95. The lowest BCUT2D eigenvalue weighted by molar-refractivity contribution is 0.466. The van der Waals surface area contributed by atoms with Crippen molar-refractivity contribution in [3.05, 3.63) is 23.5 Å². The van der Waals surface area contributed by atoms with Crippen molar-refractivity contribution in [3.63, 3.8) is 0 Å². The maximum Gasteiger partial charge on any atom is 0.182 e. The third-order valence-corrected chi connectivity index (χ3v) is 1.23. The largest absolute Gasteiger partial charge is 0.505 e. The van der Waals surface area contributed by atoms with Gasteiger partial charge in [-0.2, -0.15) is 5.26 Å². The summed E-state index contributed by atoms with van der Waals surface area (Å²) in [4.78, 5) is 3.65. The number of pyridine rings is 1. The van der Waals surface area contributed by atoms with Crippen LogP contribution in [0, 0.1) is 18.3 Å². The van der Waals surface area contributed by atoms with Crippen LogP contribution >= 0.6 is 0 Å². The third-order valence-electron chi connectivity index (χ3n) is 1.23. The molecule has 0 aromatic carbocycles. The molecular formula is C7H6N2O. The molecule has 1 N–H and O–H groups in total. The summed E-state index contributed by atoms with van der Waals surface area (Å²) in [5.74, 6) is -0.0231. The first kappa shape index (κ1) is 6.56. The lowest BCUT2D eigenvalue weighted by Gasteiger charge is -1.96. The van der Waals surface area contributed by atoms with Gasteiger partial charge in [-0.3, -0.25) is 0 Å². The van der Waals surface area contributed by atoms with E-state index in [2.05, 4.69) is 4.98 Å². The second-order valence-electron chi connectivity index (χ2n) is 1.94. The van der Waals surface area contributed by atoms with E-state index in [1.54, 1.807) is 19.1 Å². The van der Waals surface area contributed by atoms with Crippen LogP contribution in [0.3, 0.4) is 0 Å². The Labute approximate surface area is 58.6 Å². The van der Waals surface area contributed by atoms with Crippen LogP contribution in [-0.2, 0) is 0 Å². The van der Waals surface area contributed by atoms with Crippen molar-refractivity contribution in [2.45, 2.75) is 6.92 Å². The Morgan fingerprint density at radius 2 is 2.40 bits per heavy atom. The summed E-state index contributed by atoms with van der Waals surface area (Å²) in [5, 5.41) is 17.5. The van der Waals surface area contributed by atoms with E-state index in [0.29, 0.717) is 5.56 Å². The fourth-order valence-electron chi connectivity index (χ4n) is 0.632. The van der Waals surface area contributed by atoms with E-state index >= 15 is 0 Å². The van der Waals surface area contributed by atoms with Crippen LogP contribution in [0.25, 0.3) is 0 Å². The number of nitrogens with zero attached hydrogens (tertiary/aromatic N) is 2. The van der Waals surface area contributed by atoms with Gasteiger partial charge < -0.3 is 5.11 Å². The molecule has 0 saturated heterocycles. The quantitative estimate of drug-likeness (QED) is 0.575. The van der Waals surface area contributed by atoms with Crippen molar-refractivity contribution in [3.8, 4) is 11.8 Å². The zero-order valence-electron chi connectivity index (χ0n) is 5.50. The first-order valence-corrected chi connectivity index (χ1v) is 2.80. The van der Waals surface area contributed by atoms with Crippen LogP contribution in [0.5, 0.6) is 5.75 Å². The molecule has 0 saturated carbocycles. The van der Waals surface area contributed by atoms with Crippen LogP contribution in [0.4, 0.5) is 0 Å². The number of hydrogen-bond acceptors (Lipinski definition) is 3. The van der Waals surface area contributed by atoms with Crippen LogP contribution in [0.1, 0.15) is 11.3 Å². The molecule has 0 aliphatic rings. The number of aryl methyl sites for hydroxylation is 1. The van der Waals surface area contributed by atoms with E-state index in [4.69, 9.17) is 10.4 Å². The van der Waals surface area contributed by atoms with Crippen molar-refractivity contribution in [1.29, 1.82) is 5.26 Å². The van der Waals surface area contributed by atoms with Crippen molar-refractivity contribution in [2.24, 2.45) is 0 Å². The van der Waals surface area contributed by atoms with Crippen LogP contribution in [0.2, 0.25) is 0 Å². The summed E-state index contributed by atoms with van der Waals surface area (Å²) in [5.41, 5.74) is 0.756. The van der Waals surface area contributed by atoms with Gasteiger partial charge in [0.15, 0.2) is 11.4 Å². The number of rotatable bonds is 0. The van der Waals surface area contributed by atoms with E-state index in [-0.39, 0.29) is 11.4 Å². The van der Waals surface area contributed by atoms with E-state index in [1.807, 2.05) is 0 Å². The van der Waals surface area contributed by atoms with Crippen molar-refractivity contribution < 1.29 is 5.11 Å². The average molecular weight is 134 g/mol. The van der Waals surface area contributed by atoms with E-state index in [9.17, 15) is 0 Å². The fourth-order valence-corrected chi connectivity index (χ4v) is 0.632. The molecule has 0 aliphatic heterocycles. The molecule has 0 radical (unpaired) electrons. The topological polar surface area (TPSA) is 56.9 Å². The first-order chi connectivity index (χ1) is 4.75. The van der Waals surface area contributed by atoms with Crippen molar-refractivity contribution in [1.82, 2.24) is 4.98 Å². The van der Waals surface area contributed by atoms with Gasteiger partial charge in [0.2, 0.25) is 0 Å². The van der Waals surface area contributed by atoms with Crippen LogP contribution < -0.4 is 0 Å². The summed E-state index contributed by atoms with van der Waals surface area (Å²) in [6.45, 7) is 1.72. The Hall–Kier alpha value is -1.56. The highest BCUT2D eigenvalue weighted by atomic mass is 16.3. The second kappa shape index (κ2) is 2.36. The summed E-state index contributed by atoms with van der Waals surface area (Å²) in [6, 6.07) is 3.42. The van der Waals surface area contributed by atoms with Gasteiger partial charge in [0, 0.05) is 6.20 Å². The smallest absolute Gasteiger partial charge is 0.182 e. The highest BCUT2D eigenvalue weighted by Gasteiger charge is 2.01. The molecule has 0 atom stereocenters. The maximum absolute atomic E-state index is 9.11. The molecule has 1 heterocycles. The normalized spacial score (nSPS) is 8.80. The van der Waals surface area contributed by atoms with E-state index < -0.39 is 0 Å². The Kier molecular flexibility index (Phi) is 1.55. The van der Waals surface area contributed by atoms with Gasteiger partial charge in [-0.05, 0) is 18.6 Å². The fraction of sp³-hybridized carbons (Fsp3) is 0.143. The molecule has 3 nitrogen and oxygen atoms in total. The SMILES string of the molecule is Cc1ccnc(C#N)c1O.